The molecule has 10 heteroatoms. The van der Waals surface area contributed by atoms with Crippen LogP contribution in [0.25, 0.3) is 5.69 Å². The predicted octanol–water partition coefficient (Wildman–Crippen LogP) is 2.36. The second kappa shape index (κ2) is 6.60. The number of hydrogen-bond acceptors (Lipinski definition) is 4. The van der Waals surface area contributed by atoms with Crippen molar-refractivity contribution in [1.82, 2.24) is 14.7 Å². The molecule has 1 atom stereocenters. The van der Waals surface area contributed by atoms with Crippen molar-refractivity contribution in [2.75, 3.05) is 20.2 Å². The number of hydrogen-bond donors (Lipinski definition) is 1. The van der Waals surface area contributed by atoms with Crippen molar-refractivity contribution in [2.24, 2.45) is 5.41 Å². The highest BCUT2D eigenvalue weighted by Crippen LogP contribution is 2.45. The van der Waals surface area contributed by atoms with E-state index >= 15 is 0 Å². The normalized spacial score (nSPS) is 19.9. The first-order valence-electron chi connectivity index (χ1n) is 7.97. The Balaban J connectivity index is 1.79. The lowest BCUT2D eigenvalue weighted by molar-refractivity contribution is -0.227. The van der Waals surface area contributed by atoms with Gasteiger partial charge in [-0.15, -0.1) is 0 Å². The number of carbonyl (C=O) groups excluding carboxylic acids is 1. The van der Waals surface area contributed by atoms with Gasteiger partial charge in [0.1, 0.15) is 5.75 Å². The van der Waals surface area contributed by atoms with Crippen LogP contribution in [0.15, 0.2) is 36.5 Å². The van der Waals surface area contributed by atoms with Crippen LogP contribution in [0.3, 0.4) is 0 Å². The smallest absolute Gasteiger partial charge is 0.406 e. The van der Waals surface area contributed by atoms with E-state index in [1.165, 1.54) is 24.1 Å². The maximum Gasteiger partial charge on any atom is 0.406 e. The van der Waals surface area contributed by atoms with Crippen molar-refractivity contribution in [1.29, 1.82) is 0 Å². The fourth-order valence-electron chi connectivity index (χ4n) is 2.99. The fourth-order valence-corrected chi connectivity index (χ4v) is 2.99. The van der Waals surface area contributed by atoms with Crippen LogP contribution in [0.2, 0.25) is 0 Å². The van der Waals surface area contributed by atoms with Gasteiger partial charge in [-0.2, -0.15) is 18.3 Å². The summed E-state index contributed by atoms with van der Waals surface area (Å²) in [5.74, 6) is -2.08. The fraction of sp³-hybridized carbons (Fsp3) is 0.353. The van der Waals surface area contributed by atoms with Gasteiger partial charge >= 0.3 is 12.1 Å². The molecule has 0 spiro atoms. The zero-order valence-electron chi connectivity index (χ0n) is 14.2. The van der Waals surface area contributed by atoms with Crippen LogP contribution in [0.4, 0.5) is 13.2 Å². The Bertz CT molecular complexity index is 863. The lowest BCUT2D eigenvalue weighted by Gasteiger charge is -2.27. The highest BCUT2D eigenvalue weighted by molar-refractivity contribution is 5.93. The van der Waals surface area contributed by atoms with E-state index in [-0.39, 0.29) is 12.2 Å². The van der Waals surface area contributed by atoms with Gasteiger partial charge in [0.25, 0.3) is 5.91 Å². The second-order valence-corrected chi connectivity index (χ2v) is 6.21. The molecule has 1 N–H and O–H groups in total. The summed E-state index contributed by atoms with van der Waals surface area (Å²) in [6, 6.07) is 8.18. The van der Waals surface area contributed by atoms with Gasteiger partial charge in [0, 0.05) is 19.3 Å². The SMILES string of the molecule is COc1ccc(-n2ccc(C(=O)N3CCC(C(=O)O)(C(F)(F)F)C3)n2)cc1. The molecule has 144 valence electrons. The van der Waals surface area contributed by atoms with Crippen molar-refractivity contribution in [3.05, 3.63) is 42.2 Å². The Morgan fingerprint density at radius 2 is 1.89 bits per heavy atom. The molecule has 1 aromatic heterocycles. The minimum Gasteiger partial charge on any atom is -0.497 e. The molecule has 2 heterocycles. The minimum atomic E-state index is -4.95. The van der Waals surface area contributed by atoms with Crippen LogP contribution >= 0.6 is 0 Å². The summed E-state index contributed by atoms with van der Waals surface area (Å²) in [4.78, 5) is 24.6. The number of aromatic nitrogens is 2. The van der Waals surface area contributed by atoms with Gasteiger partial charge in [-0.05, 0) is 36.8 Å². The third-order valence-electron chi connectivity index (χ3n) is 4.65. The van der Waals surface area contributed by atoms with Crippen LogP contribution in [-0.4, -0.2) is 58.0 Å². The minimum absolute atomic E-state index is 0.0609. The number of amides is 1. The molecule has 1 unspecified atom stereocenters. The number of carboxylic acid groups (broad SMARTS) is 1. The summed E-state index contributed by atoms with van der Waals surface area (Å²) in [5, 5.41) is 13.2. The maximum atomic E-state index is 13.2. The Hall–Kier alpha value is -3.04. The van der Waals surface area contributed by atoms with E-state index in [0.29, 0.717) is 11.4 Å². The average Bonchev–Trinajstić information content (AvgIpc) is 3.29. The molecule has 0 aliphatic carbocycles. The quantitative estimate of drug-likeness (QED) is 0.876. The van der Waals surface area contributed by atoms with Gasteiger partial charge in [-0.25, -0.2) is 4.68 Å². The Morgan fingerprint density at radius 3 is 2.41 bits per heavy atom. The van der Waals surface area contributed by atoms with E-state index in [2.05, 4.69) is 5.10 Å². The van der Waals surface area contributed by atoms with Crippen LogP contribution in [0.1, 0.15) is 16.9 Å². The van der Waals surface area contributed by atoms with Crippen molar-refractivity contribution in [3.63, 3.8) is 0 Å². The summed E-state index contributed by atoms with van der Waals surface area (Å²) in [6.07, 6.45) is -4.13. The molecule has 0 radical (unpaired) electrons. The van der Waals surface area contributed by atoms with Gasteiger partial charge in [0.15, 0.2) is 11.1 Å². The predicted molar refractivity (Wildman–Crippen MR) is 86.8 cm³/mol. The zero-order valence-corrected chi connectivity index (χ0v) is 14.2. The lowest BCUT2D eigenvalue weighted by atomic mass is 9.86. The van der Waals surface area contributed by atoms with Crippen molar-refractivity contribution in [3.8, 4) is 11.4 Å². The molecular formula is C17H16F3N3O4. The largest absolute Gasteiger partial charge is 0.497 e. The van der Waals surface area contributed by atoms with Crippen molar-refractivity contribution < 1.29 is 32.6 Å². The molecule has 2 aromatic rings. The Kier molecular flexibility index (Phi) is 4.58. The van der Waals surface area contributed by atoms with E-state index in [1.54, 1.807) is 24.3 Å². The number of nitrogens with zero attached hydrogens (tertiary/aromatic N) is 3. The number of carboxylic acids is 1. The van der Waals surface area contributed by atoms with E-state index in [9.17, 15) is 22.8 Å². The first-order valence-corrected chi connectivity index (χ1v) is 7.97. The van der Waals surface area contributed by atoms with E-state index in [4.69, 9.17) is 9.84 Å². The van der Waals surface area contributed by atoms with Crippen molar-refractivity contribution in [2.45, 2.75) is 12.6 Å². The van der Waals surface area contributed by atoms with Crippen molar-refractivity contribution >= 4 is 11.9 Å². The number of methoxy groups -OCH3 is 1. The summed E-state index contributed by atoms with van der Waals surface area (Å²) < 4.78 is 46.2. The molecule has 7 nitrogen and oxygen atoms in total. The molecule has 1 aliphatic rings. The first-order chi connectivity index (χ1) is 12.7. The zero-order chi connectivity index (χ0) is 19.8. The van der Waals surface area contributed by atoms with Crippen LogP contribution < -0.4 is 4.74 Å². The molecule has 0 saturated carbocycles. The molecule has 1 saturated heterocycles. The molecule has 0 bridgehead atoms. The number of likely N-dealkylation sites (tertiary alicyclic amines) is 1. The number of benzene rings is 1. The van der Waals surface area contributed by atoms with Gasteiger partial charge in [0.05, 0.1) is 12.8 Å². The third kappa shape index (κ3) is 3.22. The van der Waals surface area contributed by atoms with Gasteiger partial charge in [0.2, 0.25) is 0 Å². The van der Waals surface area contributed by atoms with E-state index in [0.717, 1.165) is 4.90 Å². The molecule has 1 aromatic carbocycles. The average molecular weight is 383 g/mol. The molecular weight excluding hydrogens is 367 g/mol. The van der Waals surface area contributed by atoms with E-state index < -0.39 is 36.4 Å². The Morgan fingerprint density at radius 1 is 1.22 bits per heavy atom. The molecule has 1 aliphatic heterocycles. The maximum absolute atomic E-state index is 13.2. The second-order valence-electron chi connectivity index (χ2n) is 6.21. The molecule has 27 heavy (non-hydrogen) atoms. The Labute approximate surface area is 151 Å². The monoisotopic (exact) mass is 383 g/mol. The highest BCUT2D eigenvalue weighted by Gasteiger charge is 2.64. The standard InChI is InChI=1S/C17H16F3N3O4/c1-27-12-4-2-11(3-5-12)23-8-6-13(21-23)14(24)22-9-7-16(10-22,15(25)26)17(18,19)20/h2-6,8H,7,9-10H2,1H3,(H,25,26). The highest BCUT2D eigenvalue weighted by atomic mass is 19.4. The number of alkyl halides is 3. The van der Waals surface area contributed by atoms with Crippen LogP contribution in [0, 0.1) is 5.41 Å². The van der Waals surface area contributed by atoms with E-state index in [1.807, 2.05) is 0 Å². The van der Waals surface area contributed by atoms with Crippen LogP contribution in [-0.2, 0) is 4.79 Å². The number of rotatable bonds is 4. The van der Waals surface area contributed by atoms with Gasteiger partial charge < -0.3 is 14.7 Å². The number of ether oxygens (including phenoxy) is 1. The summed E-state index contributed by atoms with van der Waals surface area (Å²) >= 11 is 0. The first kappa shape index (κ1) is 18.7. The number of carbonyl (C=O) groups is 2. The van der Waals surface area contributed by atoms with Gasteiger partial charge in [-0.3, -0.25) is 9.59 Å². The topological polar surface area (TPSA) is 84.7 Å². The molecule has 1 fully saturated rings. The van der Waals surface area contributed by atoms with Crippen LogP contribution in [0.5, 0.6) is 5.75 Å². The molecule has 3 rings (SSSR count). The summed E-state index contributed by atoms with van der Waals surface area (Å²) in [5.41, 5.74) is -2.37. The number of halogens is 3. The summed E-state index contributed by atoms with van der Waals surface area (Å²) in [6.45, 7) is -1.24. The molecule has 1 amide bonds. The van der Waals surface area contributed by atoms with Gasteiger partial charge in [-0.1, -0.05) is 0 Å². The third-order valence-corrected chi connectivity index (χ3v) is 4.65. The lowest BCUT2D eigenvalue weighted by Crippen LogP contribution is -2.47. The summed E-state index contributed by atoms with van der Waals surface area (Å²) in [7, 11) is 1.52. The number of aliphatic carboxylic acids is 1.